The Morgan fingerprint density at radius 1 is 0.324 bits per heavy atom. The molecule has 0 radical (unpaired) electrons. The molecule has 5 aromatic heterocycles. The highest BCUT2D eigenvalue weighted by molar-refractivity contribution is 9.11. The first-order valence-electron chi connectivity index (χ1n) is 26.8. The van der Waals surface area contributed by atoms with Gasteiger partial charge in [0.2, 0.25) is 0 Å². The number of benzene rings is 2. The van der Waals surface area contributed by atoms with Crippen LogP contribution in [0.15, 0.2) is 44.0 Å². The van der Waals surface area contributed by atoms with E-state index in [4.69, 9.17) is 36.4 Å². The molecule has 7 rings (SSSR count). The van der Waals surface area contributed by atoms with E-state index in [9.17, 15) is 0 Å². The highest BCUT2D eigenvalue weighted by atomic mass is 79.9. The van der Waals surface area contributed by atoms with E-state index in [-0.39, 0.29) is 0 Å². The van der Waals surface area contributed by atoms with Crippen molar-refractivity contribution in [3.05, 3.63) is 44.0 Å². The molecule has 386 valence electrons. The molecule has 0 fully saturated rings. The van der Waals surface area contributed by atoms with Crippen LogP contribution >= 0.6 is 89.3 Å². The van der Waals surface area contributed by atoms with Crippen molar-refractivity contribution in [2.24, 2.45) is 0 Å². The fourth-order valence-corrected chi connectivity index (χ4v) is 14.2. The molecule has 8 nitrogen and oxygen atoms in total. The van der Waals surface area contributed by atoms with Crippen LogP contribution in [0.4, 0.5) is 0 Å². The van der Waals surface area contributed by atoms with Gasteiger partial charge in [0, 0.05) is 19.5 Å². The van der Waals surface area contributed by atoms with Gasteiger partial charge in [-0.3, -0.25) is 0 Å². The highest BCUT2D eigenvalue weighted by Crippen LogP contribution is 2.57. The summed E-state index contributed by atoms with van der Waals surface area (Å²) in [5.74, 6) is 3.02. The van der Waals surface area contributed by atoms with Crippen molar-refractivity contribution in [3.8, 4) is 64.8 Å². The molecule has 7 aromatic rings. The average molecular weight is 1190 g/mol. The molecule has 71 heavy (non-hydrogen) atoms. The Morgan fingerprint density at radius 2 is 0.563 bits per heavy atom. The number of hydrogen-bond donors (Lipinski definition) is 0. The van der Waals surface area contributed by atoms with Crippen LogP contribution in [0.2, 0.25) is 0 Å². The zero-order valence-corrected chi connectivity index (χ0v) is 49.7. The molecule has 0 unspecified atom stereocenters. The molecule has 0 atom stereocenters. The summed E-state index contributed by atoms with van der Waals surface area (Å²) in [4.78, 5) is 4.20. The summed E-state index contributed by atoms with van der Waals surface area (Å²) in [6.45, 7) is 11.4. The summed E-state index contributed by atoms with van der Waals surface area (Å²) in [5, 5.41) is 0. The quantitative estimate of drug-likeness (QED) is 0.0359. The molecule has 15 heteroatoms. The molecular formula is C56H74Br2N4O4S5. The summed E-state index contributed by atoms with van der Waals surface area (Å²) in [6.07, 6.45) is 28.3. The molecule has 0 N–H and O–H groups in total. The molecule has 0 saturated heterocycles. The van der Waals surface area contributed by atoms with Gasteiger partial charge in [0.15, 0.2) is 23.0 Å². The van der Waals surface area contributed by atoms with Crippen LogP contribution in [0.3, 0.4) is 0 Å². The van der Waals surface area contributed by atoms with Gasteiger partial charge < -0.3 is 18.9 Å². The summed E-state index contributed by atoms with van der Waals surface area (Å²) < 4.78 is 50.6. The second-order valence-electron chi connectivity index (χ2n) is 18.6. The Kier molecular flexibility index (Phi) is 24.2. The number of nitrogens with zero attached hydrogens (tertiary/aromatic N) is 4. The average Bonchev–Trinajstić information content (AvgIpc) is 4.25. The number of hydrogen-bond acceptors (Lipinski definition) is 13. The molecule has 0 aliphatic rings. The predicted octanol–water partition coefficient (Wildman–Crippen LogP) is 21.0. The maximum atomic E-state index is 7.10. The van der Waals surface area contributed by atoms with E-state index in [1.807, 2.05) is 0 Å². The Bertz CT molecular complexity index is 2480. The van der Waals surface area contributed by atoms with Crippen molar-refractivity contribution in [1.29, 1.82) is 0 Å². The molecule has 0 aliphatic carbocycles. The van der Waals surface area contributed by atoms with E-state index >= 15 is 0 Å². The highest BCUT2D eigenvalue weighted by Gasteiger charge is 2.32. The Balaban J connectivity index is 1.35. The smallest absolute Gasteiger partial charge is 0.172 e. The Labute approximate surface area is 461 Å². The number of halogens is 2. The Morgan fingerprint density at radius 3 is 0.817 bits per heavy atom. The van der Waals surface area contributed by atoms with Crippen molar-refractivity contribution in [1.82, 2.24) is 17.5 Å². The molecular weight excluding hydrogens is 1110 g/mol. The lowest BCUT2D eigenvalue weighted by Crippen LogP contribution is -2.06. The summed E-state index contributed by atoms with van der Waals surface area (Å²) >= 11 is 15.1. The fourth-order valence-electron chi connectivity index (χ4n) is 9.11. The SMILES string of the molecule is CCCCCCCCOc1c(OCCCCCCCC)c(-c2ccc(-c3c(OCCCCCCCC)c(OCCCCCCCC)c(-c4ccc(Br)s4)c4nsnc34)s2)c2nsnc2c1-c1ccc(Br)s1. The number of unbranched alkanes of at least 4 members (excludes halogenated alkanes) is 20. The molecule has 0 aliphatic heterocycles. The number of thiophene rings is 3. The van der Waals surface area contributed by atoms with Crippen LogP contribution in [-0.4, -0.2) is 43.9 Å². The van der Waals surface area contributed by atoms with Gasteiger partial charge in [0.05, 0.1) is 79.7 Å². The normalized spacial score (nSPS) is 11.7. The standard InChI is InChI=1S/C56H74Br2N4O4S5/c1-5-9-13-17-21-25-35-63-53-45(49-51(61-70-59-49)47(41-31-33-43(57)68-41)55(53)65-37-27-23-19-15-11-7-3)39-29-30-40(67-39)46-50-52(62-71-60-50)48(42-32-34-44(58)69-42)56(66-38-28-24-20-16-12-8-4)54(46)64-36-26-22-18-14-10-6-2/h29-34H,5-28,35-38H2,1-4H3. The van der Waals surface area contributed by atoms with Crippen LogP contribution in [0.25, 0.3) is 63.8 Å². The first-order chi connectivity index (χ1) is 35.0. The number of rotatable bonds is 36. The third kappa shape index (κ3) is 15.5. The number of aromatic nitrogens is 4. The number of ether oxygens (including phenoxy) is 4. The van der Waals surface area contributed by atoms with E-state index in [0.717, 1.165) is 146 Å². The van der Waals surface area contributed by atoms with Crippen LogP contribution < -0.4 is 18.9 Å². The summed E-state index contributed by atoms with van der Waals surface area (Å²) in [7, 11) is 0. The van der Waals surface area contributed by atoms with Crippen molar-refractivity contribution in [2.45, 2.75) is 182 Å². The first kappa shape index (κ1) is 56.1. The second-order valence-corrected chi connectivity index (χ2v) is 25.6. The van der Waals surface area contributed by atoms with Crippen molar-refractivity contribution >= 4 is 111 Å². The van der Waals surface area contributed by atoms with Gasteiger partial charge >= 0.3 is 0 Å². The molecule has 0 spiro atoms. The van der Waals surface area contributed by atoms with Gasteiger partial charge in [-0.25, -0.2) is 0 Å². The topological polar surface area (TPSA) is 88.5 Å². The number of fused-ring (bicyclic) bond motifs is 2. The van der Waals surface area contributed by atoms with E-state index in [1.165, 1.54) is 126 Å². The van der Waals surface area contributed by atoms with Gasteiger partial charge in [-0.15, -0.1) is 34.0 Å². The molecule has 0 amide bonds. The predicted molar refractivity (Wildman–Crippen MR) is 315 cm³/mol. The molecule has 5 heterocycles. The summed E-state index contributed by atoms with van der Waals surface area (Å²) in [5.41, 5.74) is 7.10. The van der Waals surface area contributed by atoms with Crippen LogP contribution in [0, 0.1) is 0 Å². The lowest BCUT2D eigenvalue weighted by atomic mass is 10.0. The van der Waals surface area contributed by atoms with Gasteiger partial charge in [0.25, 0.3) is 0 Å². The molecule has 0 bridgehead atoms. The second kappa shape index (κ2) is 30.6. The van der Waals surface area contributed by atoms with Crippen molar-refractivity contribution in [3.63, 3.8) is 0 Å². The lowest BCUT2D eigenvalue weighted by molar-refractivity contribution is 0.260. The lowest BCUT2D eigenvalue weighted by Gasteiger charge is -2.20. The van der Waals surface area contributed by atoms with E-state index in [2.05, 4.69) is 96.0 Å². The maximum absolute atomic E-state index is 7.10. The minimum atomic E-state index is 0.586. The third-order valence-corrected chi connectivity index (χ3v) is 18.4. The summed E-state index contributed by atoms with van der Waals surface area (Å²) in [6, 6.07) is 13.0. The van der Waals surface area contributed by atoms with E-state index < -0.39 is 0 Å². The monoisotopic (exact) mass is 1180 g/mol. The molecule has 2 aromatic carbocycles. The van der Waals surface area contributed by atoms with Gasteiger partial charge in [-0.1, -0.05) is 156 Å². The van der Waals surface area contributed by atoms with Crippen LogP contribution in [0.5, 0.6) is 23.0 Å². The van der Waals surface area contributed by atoms with Crippen LogP contribution in [-0.2, 0) is 0 Å². The van der Waals surface area contributed by atoms with E-state index in [0.29, 0.717) is 26.4 Å². The van der Waals surface area contributed by atoms with E-state index in [1.54, 1.807) is 34.0 Å². The largest absolute Gasteiger partial charge is 0.489 e. The molecule has 0 saturated carbocycles. The fraction of sp³-hybridized carbons (Fsp3) is 0.571. The van der Waals surface area contributed by atoms with Gasteiger partial charge in [-0.2, -0.15) is 17.5 Å². The van der Waals surface area contributed by atoms with Crippen molar-refractivity contribution < 1.29 is 18.9 Å². The van der Waals surface area contributed by atoms with Gasteiger partial charge in [-0.05, 0) is 93.9 Å². The van der Waals surface area contributed by atoms with Crippen LogP contribution in [0.1, 0.15) is 182 Å². The minimum Gasteiger partial charge on any atom is -0.489 e. The Hall–Kier alpha value is -2.66. The maximum Gasteiger partial charge on any atom is 0.172 e. The zero-order valence-electron chi connectivity index (χ0n) is 42.5. The first-order valence-corrected chi connectivity index (χ1v) is 32.3. The zero-order chi connectivity index (χ0) is 49.6. The van der Waals surface area contributed by atoms with Crippen molar-refractivity contribution in [2.75, 3.05) is 26.4 Å². The minimum absolute atomic E-state index is 0.586. The van der Waals surface area contributed by atoms with Gasteiger partial charge in [0.1, 0.15) is 22.1 Å². The third-order valence-electron chi connectivity index (χ3n) is 13.0.